The SMILES string of the molecule is O=C(NC1CCCCC1)[C@@H](Cc1ccccc1)N(Cc1ccc(Cl)c(Cl)c1)C(=O)COc1ccccc1Cl. The van der Waals surface area contributed by atoms with Crippen LogP contribution in [0.15, 0.2) is 72.8 Å². The van der Waals surface area contributed by atoms with Crippen molar-refractivity contribution < 1.29 is 14.3 Å². The average Bonchev–Trinajstić information content (AvgIpc) is 2.93. The lowest BCUT2D eigenvalue weighted by molar-refractivity contribution is -0.143. The van der Waals surface area contributed by atoms with E-state index >= 15 is 0 Å². The Morgan fingerprint density at radius 2 is 1.55 bits per heavy atom. The van der Waals surface area contributed by atoms with Crippen molar-refractivity contribution in [3.05, 3.63) is 99.0 Å². The van der Waals surface area contributed by atoms with Gasteiger partial charge in [-0.3, -0.25) is 9.59 Å². The van der Waals surface area contributed by atoms with Crippen LogP contribution >= 0.6 is 34.8 Å². The Morgan fingerprint density at radius 1 is 0.842 bits per heavy atom. The van der Waals surface area contributed by atoms with Crippen molar-refractivity contribution in [1.82, 2.24) is 10.2 Å². The molecule has 0 aliphatic heterocycles. The third-order valence-corrected chi connectivity index (χ3v) is 7.80. The van der Waals surface area contributed by atoms with Crippen molar-refractivity contribution in [2.75, 3.05) is 6.61 Å². The number of ether oxygens (including phenoxy) is 1. The molecule has 1 aliphatic rings. The van der Waals surface area contributed by atoms with E-state index in [1.165, 1.54) is 6.42 Å². The standard InChI is InChI=1S/C30H31Cl3N2O3/c31-24-16-15-22(17-26(24)33)19-35(29(36)20-38-28-14-8-7-13-25(28)32)27(18-21-9-3-1-4-10-21)30(37)34-23-11-5-2-6-12-23/h1,3-4,7-10,13-17,23,27H,2,5-6,11-12,18-20H2,(H,34,37)/t27-/m1/s1. The Morgan fingerprint density at radius 3 is 2.26 bits per heavy atom. The molecule has 8 heteroatoms. The summed E-state index contributed by atoms with van der Waals surface area (Å²) in [7, 11) is 0. The molecule has 200 valence electrons. The molecule has 1 saturated carbocycles. The molecule has 0 bridgehead atoms. The van der Waals surface area contributed by atoms with Crippen LogP contribution in [0.3, 0.4) is 0 Å². The van der Waals surface area contributed by atoms with Crippen LogP contribution < -0.4 is 10.1 Å². The fraction of sp³-hybridized carbons (Fsp3) is 0.333. The zero-order valence-electron chi connectivity index (χ0n) is 21.0. The Hall–Kier alpha value is -2.73. The number of halogens is 3. The highest BCUT2D eigenvalue weighted by Gasteiger charge is 2.32. The molecule has 4 rings (SSSR count). The van der Waals surface area contributed by atoms with Crippen LogP contribution in [0, 0.1) is 0 Å². The summed E-state index contributed by atoms with van der Waals surface area (Å²) in [4.78, 5) is 29.1. The molecule has 1 N–H and O–H groups in total. The summed E-state index contributed by atoms with van der Waals surface area (Å²) in [6.45, 7) is -0.107. The number of amides is 2. The summed E-state index contributed by atoms with van der Waals surface area (Å²) in [5.41, 5.74) is 1.71. The lowest BCUT2D eigenvalue weighted by Gasteiger charge is -2.33. The smallest absolute Gasteiger partial charge is 0.261 e. The van der Waals surface area contributed by atoms with Gasteiger partial charge in [0.1, 0.15) is 11.8 Å². The van der Waals surface area contributed by atoms with E-state index in [4.69, 9.17) is 39.5 Å². The topological polar surface area (TPSA) is 58.6 Å². The second-order valence-electron chi connectivity index (χ2n) is 9.54. The van der Waals surface area contributed by atoms with Gasteiger partial charge in [-0.05, 0) is 48.2 Å². The molecular formula is C30H31Cl3N2O3. The van der Waals surface area contributed by atoms with Crippen molar-refractivity contribution in [1.29, 1.82) is 0 Å². The van der Waals surface area contributed by atoms with Crippen LogP contribution in [0.1, 0.15) is 43.2 Å². The molecule has 1 atom stereocenters. The summed E-state index contributed by atoms with van der Waals surface area (Å²) in [6.07, 6.45) is 5.61. The maximum Gasteiger partial charge on any atom is 0.261 e. The number of carbonyl (C=O) groups is 2. The third kappa shape index (κ3) is 7.89. The monoisotopic (exact) mass is 572 g/mol. The van der Waals surface area contributed by atoms with E-state index in [1.807, 2.05) is 36.4 Å². The highest BCUT2D eigenvalue weighted by atomic mass is 35.5. The third-order valence-electron chi connectivity index (χ3n) is 6.75. The number of hydrogen-bond acceptors (Lipinski definition) is 3. The van der Waals surface area contributed by atoms with Crippen LogP contribution in [0.4, 0.5) is 0 Å². The van der Waals surface area contributed by atoms with Crippen molar-refractivity contribution >= 4 is 46.6 Å². The summed E-state index contributed by atoms with van der Waals surface area (Å²) in [5.74, 6) is -0.106. The van der Waals surface area contributed by atoms with Crippen LogP contribution in [0.5, 0.6) is 5.75 Å². The number of nitrogens with one attached hydrogen (secondary N) is 1. The van der Waals surface area contributed by atoms with Gasteiger partial charge in [-0.1, -0.05) is 103 Å². The molecule has 1 fully saturated rings. The van der Waals surface area contributed by atoms with Gasteiger partial charge in [0.05, 0.1) is 15.1 Å². The maximum absolute atomic E-state index is 13.8. The molecule has 1 aliphatic carbocycles. The predicted molar refractivity (Wildman–Crippen MR) is 153 cm³/mol. The first kappa shape index (κ1) is 28.3. The first-order chi connectivity index (χ1) is 18.4. The Labute approximate surface area is 239 Å². The fourth-order valence-corrected chi connectivity index (χ4v) is 5.23. The molecule has 0 aromatic heterocycles. The Kier molecular flexibility index (Phi) is 10.3. The zero-order chi connectivity index (χ0) is 26.9. The maximum atomic E-state index is 13.8. The Balaban J connectivity index is 1.63. The van der Waals surface area contributed by atoms with Crippen LogP contribution in [-0.4, -0.2) is 35.4 Å². The van der Waals surface area contributed by atoms with Crippen LogP contribution in [0.2, 0.25) is 15.1 Å². The minimum Gasteiger partial charge on any atom is -0.482 e. The quantitative estimate of drug-likeness (QED) is 0.281. The molecule has 0 spiro atoms. The fourth-order valence-electron chi connectivity index (χ4n) is 4.72. The van der Waals surface area contributed by atoms with Crippen molar-refractivity contribution in [2.45, 2.75) is 57.2 Å². The Bertz CT molecular complexity index is 1230. The second-order valence-corrected chi connectivity index (χ2v) is 10.8. The van der Waals surface area contributed by atoms with Gasteiger partial charge >= 0.3 is 0 Å². The first-order valence-corrected chi connectivity index (χ1v) is 14.0. The van der Waals surface area contributed by atoms with E-state index in [2.05, 4.69) is 5.32 Å². The first-order valence-electron chi connectivity index (χ1n) is 12.9. The highest BCUT2D eigenvalue weighted by molar-refractivity contribution is 6.42. The van der Waals surface area contributed by atoms with Gasteiger partial charge in [-0.15, -0.1) is 0 Å². The predicted octanol–water partition coefficient (Wildman–Crippen LogP) is 7.11. The number of para-hydroxylation sites is 1. The number of rotatable bonds is 10. The number of nitrogens with zero attached hydrogens (tertiary/aromatic N) is 1. The van der Waals surface area contributed by atoms with Gasteiger partial charge in [-0.25, -0.2) is 0 Å². The lowest BCUT2D eigenvalue weighted by Crippen LogP contribution is -2.53. The van der Waals surface area contributed by atoms with Crippen LogP contribution in [0.25, 0.3) is 0 Å². The normalized spacial score (nSPS) is 14.5. The van der Waals surface area contributed by atoms with E-state index in [-0.39, 0.29) is 31.0 Å². The lowest BCUT2D eigenvalue weighted by atomic mass is 9.94. The molecule has 2 amide bonds. The van der Waals surface area contributed by atoms with E-state index in [1.54, 1.807) is 41.3 Å². The number of carbonyl (C=O) groups excluding carboxylic acids is 2. The molecular weight excluding hydrogens is 543 g/mol. The molecule has 5 nitrogen and oxygen atoms in total. The minimum absolute atomic E-state index is 0.107. The molecule has 0 heterocycles. The van der Waals surface area contributed by atoms with Crippen molar-refractivity contribution in [2.24, 2.45) is 0 Å². The molecule has 3 aromatic carbocycles. The minimum atomic E-state index is -0.754. The van der Waals surface area contributed by atoms with Gasteiger partial charge in [0, 0.05) is 19.0 Å². The highest BCUT2D eigenvalue weighted by Crippen LogP contribution is 2.26. The average molecular weight is 574 g/mol. The molecule has 0 saturated heterocycles. The van der Waals surface area contributed by atoms with Crippen LogP contribution in [-0.2, 0) is 22.6 Å². The summed E-state index contributed by atoms with van der Waals surface area (Å²) < 4.78 is 5.79. The summed E-state index contributed by atoms with van der Waals surface area (Å²) >= 11 is 18.7. The molecule has 38 heavy (non-hydrogen) atoms. The second kappa shape index (κ2) is 13.9. The van der Waals surface area contributed by atoms with Gasteiger partial charge in [0.25, 0.3) is 5.91 Å². The van der Waals surface area contributed by atoms with Gasteiger partial charge in [0.2, 0.25) is 5.91 Å². The largest absolute Gasteiger partial charge is 0.482 e. The molecule has 3 aromatic rings. The zero-order valence-corrected chi connectivity index (χ0v) is 23.3. The molecule has 0 radical (unpaired) electrons. The summed E-state index contributed by atoms with van der Waals surface area (Å²) in [5, 5.41) is 4.44. The van der Waals surface area contributed by atoms with Gasteiger partial charge in [0.15, 0.2) is 6.61 Å². The van der Waals surface area contributed by atoms with Crippen molar-refractivity contribution in [3.8, 4) is 5.75 Å². The molecule has 0 unspecified atom stereocenters. The van der Waals surface area contributed by atoms with Gasteiger partial charge < -0.3 is 15.0 Å². The summed E-state index contributed by atoms with van der Waals surface area (Å²) in [6, 6.07) is 21.3. The van der Waals surface area contributed by atoms with Gasteiger partial charge in [-0.2, -0.15) is 0 Å². The van der Waals surface area contributed by atoms with E-state index in [9.17, 15) is 9.59 Å². The number of hydrogen-bond donors (Lipinski definition) is 1. The van der Waals surface area contributed by atoms with E-state index in [0.29, 0.717) is 27.2 Å². The van der Waals surface area contributed by atoms with E-state index < -0.39 is 6.04 Å². The van der Waals surface area contributed by atoms with E-state index in [0.717, 1.165) is 36.8 Å². The van der Waals surface area contributed by atoms with Crippen molar-refractivity contribution in [3.63, 3.8) is 0 Å². The number of benzene rings is 3.